The second kappa shape index (κ2) is 7.23. The molecule has 0 bridgehead atoms. The smallest absolute Gasteiger partial charge is 0.240 e. The minimum atomic E-state index is -3.52. The summed E-state index contributed by atoms with van der Waals surface area (Å²) in [6, 6.07) is 14.5. The molecule has 0 atom stereocenters. The van der Waals surface area contributed by atoms with Crippen molar-refractivity contribution in [1.29, 1.82) is 0 Å². The van der Waals surface area contributed by atoms with E-state index in [0.717, 1.165) is 16.9 Å². The van der Waals surface area contributed by atoms with E-state index in [1.54, 1.807) is 19.2 Å². The molecule has 0 unspecified atom stereocenters. The van der Waals surface area contributed by atoms with Crippen molar-refractivity contribution < 1.29 is 13.2 Å². The predicted molar refractivity (Wildman–Crippen MR) is 98.6 cm³/mol. The third-order valence-corrected chi connectivity index (χ3v) is 5.83. The van der Waals surface area contributed by atoms with Gasteiger partial charge in [0.05, 0.1) is 18.0 Å². The standard InChI is InChI=1S/C19H20N2O3S/c1-3-20-16-12-17(13-16)21-25(22,23)19-10-6-15(7-11-19)14-4-8-18(24-2)9-5-14/h4-11,16-17,21H,1,12-13H2,2H3. The monoisotopic (exact) mass is 356 g/mol. The van der Waals surface area contributed by atoms with Crippen molar-refractivity contribution in [3.63, 3.8) is 0 Å². The molecule has 0 aromatic heterocycles. The molecule has 0 saturated heterocycles. The molecule has 2 aromatic carbocycles. The Balaban J connectivity index is 1.69. The number of hydrogen-bond donors (Lipinski definition) is 1. The number of benzene rings is 2. The van der Waals surface area contributed by atoms with E-state index < -0.39 is 10.0 Å². The van der Waals surface area contributed by atoms with Gasteiger partial charge in [0.2, 0.25) is 10.0 Å². The van der Waals surface area contributed by atoms with Gasteiger partial charge in [0.1, 0.15) is 5.75 Å². The molecule has 25 heavy (non-hydrogen) atoms. The van der Waals surface area contributed by atoms with Crippen LogP contribution in [0.5, 0.6) is 5.75 Å². The Labute approximate surface area is 148 Å². The Bertz CT molecular complexity index is 877. The van der Waals surface area contributed by atoms with E-state index in [9.17, 15) is 8.42 Å². The normalized spacial score (nSPS) is 19.6. The molecular weight excluding hydrogens is 336 g/mol. The van der Waals surface area contributed by atoms with Gasteiger partial charge < -0.3 is 4.74 Å². The van der Waals surface area contributed by atoms with Crippen molar-refractivity contribution >= 4 is 15.9 Å². The summed E-state index contributed by atoms with van der Waals surface area (Å²) >= 11 is 0. The van der Waals surface area contributed by atoms with Crippen LogP contribution in [0.25, 0.3) is 11.1 Å². The Hall–Kier alpha value is -2.40. The zero-order chi connectivity index (χ0) is 17.9. The van der Waals surface area contributed by atoms with Gasteiger partial charge in [0.15, 0.2) is 0 Å². The van der Waals surface area contributed by atoms with Crippen LogP contribution < -0.4 is 9.46 Å². The second-order valence-electron chi connectivity index (χ2n) is 5.98. The highest BCUT2D eigenvalue weighted by Crippen LogP contribution is 2.26. The molecule has 0 spiro atoms. The molecule has 1 N–H and O–H groups in total. The summed E-state index contributed by atoms with van der Waals surface area (Å²) in [7, 11) is -1.90. The summed E-state index contributed by atoms with van der Waals surface area (Å²) in [5.74, 6) is 3.29. The fraction of sp³-hybridized carbons (Fsp3) is 0.263. The maximum atomic E-state index is 12.4. The number of nitrogens with one attached hydrogen (secondary N) is 1. The molecule has 1 fully saturated rings. The lowest BCUT2D eigenvalue weighted by atomic mass is 9.88. The van der Waals surface area contributed by atoms with E-state index in [4.69, 9.17) is 4.74 Å². The van der Waals surface area contributed by atoms with Crippen molar-refractivity contribution in [1.82, 2.24) is 4.72 Å². The molecule has 130 valence electrons. The lowest BCUT2D eigenvalue weighted by molar-refractivity contribution is 0.330. The third kappa shape index (κ3) is 3.99. The lowest BCUT2D eigenvalue weighted by Crippen LogP contribution is -2.46. The van der Waals surface area contributed by atoms with Gasteiger partial charge in [-0.2, -0.15) is 0 Å². The molecule has 1 aliphatic rings. The van der Waals surface area contributed by atoms with E-state index in [1.807, 2.05) is 36.4 Å². The number of sulfonamides is 1. The maximum absolute atomic E-state index is 12.4. The average molecular weight is 356 g/mol. The topological polar surface area (TPSA) is 67.8 Å². The molecular formula is C19H20N2O3S. The fourth-order valence-corrected chi connectivity index (χ4v) is 4.08. The van der Waals surface area contributed by atoms with E-state index in [-0.39, 0.29) is 17.0 Å². The SMILES string of the molecule is C=C=NC1CC(NS(=O)(=O)c2ccc(-c3ccc(OC)cc3)cc2)C1. The predicted octanol–water partition coefficient (Wildman–Crippen LogP) is 3.03. The van der Waals surface area contributed by atoms with Crippen LogP contribution in [0.4, 0.5) is 0 Å². The van der Waals surface area contributed by atoms with Gasteiger partial charge in [0.25, 0.3) is 0 Å². The molecule has 5 nitrogen and oxygen atoms in total. The van der Waals surface area contributed by atoms with Gasteiger partial charge in [-0.1, -0.05) is 24.3 Å². The maximum Gasteiger partial charge on any atom is 0.240 e. The number of rotatable bonds is 6. The summed E-state index contributed by atoms with van der Waals surface area (Å²) in [4.78, 5) is 4.30. The highest BCUT2D eigenvalue weighted by Gasteiger charge is 2.32. The quantitative estimate of drug-likeness (QED) is 0.809. The zero-order valence-corrected chi connectivity index (χ0v) is 14.8. The molecule has 0 heterocycles. The van der Waals surface area contributed by atoms with Crippen LogP contribution in [-0.4, -0.2) is 33.5 Å². The average Bonchev–Trinajstić information content (AvgIpc) is 2.60. The molecule has 2 aromatic rings. The van der Waals surface area contributed by atoms with Crippen molar-refractivity contribution in [2.75, 3.05) is 7.11 Å². The van der Waals surface area contributed by atoms with Crippen LogP contribution in [0.1, 0.15) is 12.8 Å². The van der Waals surface area contributed by atoms with Gasteiger partial charge in [0, 0.05) is 6.04 Å². The van der Waals surface area contributed by atoms with Crippen LogP contribution in [0.2, 0.25) is 0 Å². The molecule has 6 heteroatoms. The van der Waals surface area contributed by atoms with Gasteiger partial charge in [-0.3, -0.25) is 0 Å². The zero-order valence-electron chi connectivity index (χ0n) is 14.0. The van der Waals surface area contributed by atoms with E-state index in [0.29, 0.717) is 12.8 Å². The summed E-state index contributed by atoms with van der Waals surface area (Å²) in [5, 5.41) is 0. The van der Waals surface area contributed by atoms with E-state index >= 15 is 0 Å². The molecule has 3 rings (SSSR count). The summed E-state index contributed by atoms with van der Waals surface area (Å²) < 4.78 is 32.8. The summed E-state index contributed by atoms with van der Waals surface area (Å²) in [6.45, 7) is 3.44. The Morgan fingerprint density at radius 1 is 1.08 bits per heavy atom. The van der Waals surface area contributed by atoms with E-state index in [1.165, 1.54) is 0 Å². The van der Waals surface area contributed by atoms with Gasteiger partial charge in [-0.15, -0.1) is 0 Å². The molecule has 0 amide bonds. The van der Waals surface area contributed by atoms with Crippen LogP contribution in [0.15, 0.2) is 65.0 Å². The van der Waals surface area contributed by atoms with Gasteiger partial charge in [-0.05, 0) is 60.7 Å². The van der Waals surface area contributed by atoms with Crippen LogP contribution in [0, 0.1) is 0 Å². The lowest BCUT2D eigenvalue weighted by Gasteiger charge is -2.32. The number of nitrogens with zero attached hydrogens (tertiary/aromatic N) is 1. The highest BCUT2D eigenvalue weighted by molar-refractivity contribution is 7.89. The minimum absolute atomic E-state index is 0.0756. The van der Waals surface area contributed by atoms with Crippen molar-refractivity contribution in [2.45, 2.75) is 29.8 Å². The highest BCUT2D eigenvalue weighted by atomic mass is 32.2. The largest absolute Gasteiger partial charge is 0.497 e. The van der Waals surface area contributed by atoms with Crippen molar-refractivity contribution in [2.24, 2.45) is 4.99 Å². The molecule has 1 saturated carbocycles. The Morgan fingerprint density at radius 2 is 1.64 bits per heavy atom. The summed E-state index contributed by atoms with van der Waals surface area (Å²) in [5.41, 5.74) is 1.95. The van der Waals surface area contributed by atoms with Crippen molar-refractivity contribution in [3.8, 4) is 16.9 Å². The number of ether oxygens (including phenoxy) is 1. The Kier molecular flexibility index (Phi) is 5.04. The first-order valence-electron chi connectivity index (χ1n) is 8.00. The molecule has 0 aliphatic heterocycles. The number of aliphatic imine (C=N–C) groups is 1. The summed E-state index contributed by atoms with van der Waals surface area (Å²) in [6.07, 6.45) is 1.37. The number of methoxy groups -OCH3 is 1. The van der Waals surface area contributed by atoms with Crippen molar-refractivity contribution in [3.05, 3.63) is 55.1 Å². The van der Waals surface area contributed by atoms with Gasteiger partial charge >= 0.3 is 0 Å². The number of hydrogen-bond acceptors (Lipinski definition) is 4. The molecule has 0 radical (unpaired) electrons. The first kappa shape index (κ1) is 17.4. The first-order chi connectivity index (χ1) is 12.0. The van der Waals surface area contributed by atoms with Crippen LogP contribution >= 0.6 is 0 Å². The third-order valence-electron chi connectivity index (χ3n) is 4.30. The fourth-order valence-electron chi connectivity index (χ4n) is 2.82. The first-order valence-corrected chi connectivity index (χ1v) is 9.49. The molecule has 1 aliphatic carbocycles. The van der Waals surface area contributed by atoms with E-state index in [2.05, 4.69) is 22.2 Å². The van der Waals surface area contributed by atoms with Crippen LogP contribution in [-0.2, 0) is 10.0 Å². The second-order valence-corrected chi connectivity index (χ2v) is 7.70. The van der Waals surface area contributed by atoms with Gasteiger partial charge in [-0.25, -0.2) is 18.1 Å². The van der Waals surface area contributed by atoms with Crippen LogP contribution in [0.3, 0.4) is 0 Å². The minimum Gasteiger partial charge on any atom is -0.497 e. The Morgan fingerprint density at radius 3 is 2.16 bits per heavy atom.